The number of rotatable bonds is 2. The summed E-state index contributed by atoms with van der Waals surface area (Å²) in [5.74, 6) is -0.397. The van der Waals surface area contributed by atoms with Gasteiger partial charge < -0.3 is 10.4 Å². The number of aromatic hydroxyl groups is 1. The molecule has 0 aliphatic rings. The average molecular weight is 239 g/mol. The first-order valence-electron chi connectivity index (χ1n) is 4.32. The number of nitrogens with one attached hydrogen (secondary N) is 2. The topological polar surface area (TPSA) is 90.9 Å². The van der Waals surface area contributed by atoms with Crippen LogP contribution in [0.4, 0.5) is 5.69 Å². The van der Waals surface area contributed by atoms with Gasteiger partial charge in [-0.05, 0) is 12.1 Å². The van der Waals surface area contributed by atoms with E-state index < -0.39 is 5.91 Å². The molecule has 1 amide bonds. The van der Waals surface area contributed by atoms with E-state index in [1.807, 2.05) is 0 Å². The van der Waals surface area contributed by atoms with Crippen LogP contribution >= 0.6 is 11.6 Å². The monoisotopic (exact) mass is 238 g/mol. The van der Waals surface area contributed by atoms with Gasteiger partial charge in [0.25, 0.3) is 5.91 Å². The van der Waals surface area contributed by atoms with E-state index in [4.69, 9.17) is 16.7 Å². The van der Waals surface area contributed by atoms with Crippen LogP contribution in [-0.4, -0.2) is 26.4 Å². The molecule has 1 aromatic heterocycles. The molecule has 7 heteroatoms. The molecule has 0 aliphatic heterocycles. The highest BCUT2D eigenvalue weighted by atomic mass is 35.5. The Morgan fingerprint density at radius 3 is 2.94 bits per heavy atom. The number of phenols is 1. The first kappa shape index (κ1) is 10.4. The van der Waals surface area contributed by atoms with Gasteiger partial charge in [0.2, 0.25) is 0 Å². The maximum absolute atomic E-state index is 11.6. The van der Waals surface area contributed by atoms with Gasteiger partial charge in [0.05, 0.1) is 16.9 Å². The standard InChI is InChI=1S/C9H7ClN4O2/c10-6-3-5(15)1-2-7(6)12-9(16)8-4-11-14-13-8/h1-4,15H,(H,12,16)(H,11,13,14). The van der Waals surface area contributed by atoms with E-state index in [1.165, 1.54) is 24.4 Å². The molecule has 82 valence electrons. The van der Waals surface area contributed by atoms with E-state index in [0.717, 1.165) is 0 Å². The van der Waals surface area contributed by atoms with E-state index in [2.05, 4.69) is 20.7 Å². The maximum Gasteiger partial charge on any atom is 0.277 e. The van der Waals surface area contributed by atoms with Crippen LogP contribution in [0.2, 0.25) is 5.02 Å². The van der Waals surface area contributed by atoms with Gasteiger partial charge in [-0.3, -0.25) is 4.79 Å². The van der Waals surface area contributed by atoms with Gasteiger partial charge in [0.15, 0.2) is 5.69 Å². The van der Waals surface area contributed by atoms with Crippen LogP contribution in [0.5, 0.6) is 5.75 Å². The number of halogens is 1. The Morgan fingerprint density at radius 2 is 2.31 bits per heavy atom. The Kier molecular flexibility index (Phi) is 2.74. The molecule has 0 spiro atoms. The fraction of sp³-hybridized carbons (Fsp3) is 0. The fourth-order valence-corrected chi connectivity index (χ4v) is 1.32. The minimum Gasteiger partial charge on any atom is -0.508 e. The second-order valence-electron chi connectivity index (χ2n) is 2.97. The first-order valence-corrected chi connectivity index (χ1v) is 4.70. The van der Waals surface area contributed by atoms with Gasteiger partial charge in [-0.1, -0.05) is 11.6 Å². The summed E-state index contributed by atoms with van der Waals surface area (Å²) in [6.45, 7) is 0. The molecule has 0 aliphatic carbocycles. The predicted octanol–water partition coefficient (Wildman–Crippen LogP) is 1.42. The van der Waals surface area contributed by atoms with Crippen molar-refractivity contribution in [2.24, 2.45) is 0 Å². The number of benzene rings is 1. The summed E-state index contributed by atoms with van der Waals surface area (Å²) >= 11 is 5.82. The van der Waals surface area contributed by atoms with Crippen LogP contribution in [0.25, 0.3) is 0 Å². The molecular weight excluding hydrogens is 232 g/mol. The van der Waals surface area contributed by atoms with Crippen LogP contribution in [0.15, 0.2) is 24.4 Å². The molecule has 0 saturated heterocycles. The van der Waals surface area contributed by atoms with E-state index in [0.29, 0.717) is 5.69 Å². The van der Waals surface area contributed by atoms with Crippen molar-refractivity contribution in [2.75, 3.05) is 5.32 Å². The molecule has 2 aromatic rings. The Bertz CT molecular complexity index is 512. The van der Waals surface area contributed by atoms with Crippen molar-refractivity contribution in [3.8, 4) is 5.75 Å². The largest absolute Gasteiger partial charge is 0.508 e. The zero-order valence-corrected chi connectivity index (χ0v) is 8.69. The maximum atomic E-state index is 11.6. The number of phenolic OH excluding ortho intramolecular Hbond substituents is 1. The van der Waals surface area contributed by atoms with Gasteiger partial charge in [-0.2, -0.15) is 15.4 Å². The lowest BCUT2D eigenvalue weighted by atomic mass is 10.3. The lowest BCUT2D eigenvalue weighted by molar-refractivity contribution is 0.102. The molecule has 1 heterocycles. The number of aromatic nitrogens is 3. The third-order valence-corrected chi connectivity index (χ3v) is 2.16. The quantitative estimate of drug-likeness (QED) is 0.690. The fourth-order valence-electron chi connectivity index (χ4n) is 1.10. The SMILES string of the molecule is O=C(Nc1ccc(O)cc1Cl)c1cn[nH]n1. The highest BCUT2D eigenvalue weighted by molar-refractivity contribution is 6.34. The van der Waals surface area contributed by atoms with Gasteiger partial charge in [-0.15, -0.1) is 0 Å². The molecule has 0 saturated carbocycles. The summed E-state index contributed by atoms with van der Waals surface area (Å²) in [5.41, 5.74) is 0.552. The third kappa shape index (κ3) is 2.12. The summed E-state index contributed by atoms with van der Waals surface area (Å²) in [7, 11) is 0. The molecule has 0 radical (unpaired) electrons. The predicted molar refractivity (Wildman–Crippen MR) is 57.5 cm³/mol. The van der Waals surface area contributed by atoms with Gasteiger partial charge in [-0.25, -0.2) is 0 Å². The summed E-state index contributed by atoms with van der Waals surface area (Å²) < 4.78 is 0. The number of H-pyrrole nitrogens is 1. The van der Waals surface area contributed by atoms with Crippen molar-refractivity contribution in [3.63, 3.8) is 0 Å². The molecule has 2 rings (SSSR count). The first-order chi connectivity index (χ1) is 7.66. The van der Waals surface area contributed by atoms with Crippen LogP contribution in [0, 0.1) is 0 Å². The summed E-state index contributed by atoms with van der Waals surface area (Å²) in [6, 6.07) is 4.25. The van der Waals surface area contributed by atoms with E-state index in [-0.39, 0.29) is 16.5 Å². The molecule has 1 aromatic carbocycles. The number of hydrogen-bond acceptors (Lipinski definition) is 4. The minimum absolute atomic E-state index is 0.0319. The highest BCUT2D eigenvalue weighted by Gasteiger charge is 2.10. The number of carbonyl (C=O) groups excluding carboxylic acids is 1. The number of carbonyl (C=O) groups is 1. The number of hydrogen-bond donors (Lipinski definition) is 3. The van der Waals surface area contributed by atoms with Crippen LogP contribution < -0.4 is 5.32 Å². The molecule has 16 heavy (non-hydrogen) atoms. The minimum atomic E-state index is -0.429. The smallest absolute Gasteiger partial charge is 0.277 e. The third-order valence-electron chi connectivity index (χ3n) is 1.85. The number of nitrogens with zero attached hydrogens (tertiary/aromatic N) is 2. The van der Waals surface area contributed by atoms with Crippen LogP contribution in [0.1, 0.15) is 10.5 Å². The zero-order chi connectivity index (χ0) is 11.5. The van der Waals surface area contributed by atoms with Crippen molar-refractivity contribution >= 4 is 23.2 Å². The van der Waals surface area contributed by atoms with Gasteiger partial charge in [0, 0.05) is 6.07 Å². The molecule has 0 bridgehead atoms. The Balaban J connectivity index is 2.18. The molecule has 3 N–H and O–H groups in total. The Morgan fingerprint density at radius 1 is 1.50 bits per heavy atom. The number of anilines is 1. The average Bonchev–Trinajstić information content (AvgIpc) is 2.75. The summed E-state index contributed by atoms with van der Waals surface area (Å²) in [4.78, 5) is 11.6. The molecule has 0 atom stereocenters. The molecule has 0 unspecified atom stereocenters. The van der Waals surface area contributed by atoms with Crippen molar-refractivity contribution in [3.05, 3.63) is 35.1 Å². The van der Waals surface area contributed by atoms with Crippen molar-refractivity contribution < 1.29 is 9.90 Å². The van der Waals surface area contributed by atoms with Gasteiger partial charge in [0.1, 0.15) is 5.75 Å². The van der Waals surface area contributed by atoms with E-state index in [1.54, 1.807) is 0 Å². The number of aromatic amines is 1. The van der Waals surface area contributed by atoms with Gasteiger partial charge >= 0.3 is 0 Å². The second-order valence-corrected chi connectivity index (χ2v) is 3.38. The summed E-state index contributed by atoms with van der Waals surface area (Å²) in [6.07, 6.45) is 1.30. The van der Waals surface area contributed by atoms with Crippen LogP contribution in [0.3, 0.4) is 0 Å². The highest BCUT2D eigenvalue weighted by Crippen LogP contribution is 2.26. The molecular formula is C9H7ClN4O2. The second kappa shape index (κ2) is 4.19. The lowest BCUT2D eigenvalue weighted by Gasteiger charge is -2.05. The lowest BCUT2D eigenvalue weighted by Crippen LogP contribution is -2.12. The van der Waals surface area contributed by atoms with Crippen LogP contribution in [-0.2, 0) is 0 Å². The van der Waals surface area contributed by atoms with E-state index in [9.17, 15) is 4.79 Å². The van der Waals surface area contributed by atoms with Crippen molar-refractivity contribution in [1.82, 2.24) is 15.4 Å². The molecule has 6 nitrogen and oxygen atoms in total. The Hall–Kier alpha value is -2.08. The normalized spacial score (nSPS) is 10.1. The summed E-state index contributed by atoms with van der Waals surface area (Å²) in [5, 5.41) is 21.4. The molecule has 0 fully saturated rings. The van der Waals surface area contributed by atoms with Crippen molar-refractivity contribution in [1.29, 1.82) is 0 Å². The van der Waals surface area contributed by atoms with Crippen molar-refractivity contribution in [2.45, 2.75) is 0 Å². The van der Waals surface area contributed by atoms with E-state index >= 15 is 0 Å². The zero-order valence-electron chi connectivity index (χ0n) is 7.94. The Labute approximate surface area is 95.2 Å². The number of amides is 1.